The highest BCUT2D eigenvalue weighted by molar-refractivity contribution is 6.02. The van der Waals surface area contributed by atoms with Gasteiger partial charge in [-0.05, 0) is 43.3 Å². The smallest absolute Gasteiger partial charge is 0.345 e. The first-order valence-corrected chi connectivity index (χ1v) is 8.10. The highest BCUT2D eigenvalue weighted by Crippen LogP contribution is 2.20. The Morgan fingerprint density at radius 2 is 1.89 bits per heavy atom. The molecular weight excluding hydrogens is 366 g/mol. The van der Waals surface area contributed by atoms with Crippen molar-refractivity contribution in [3.8, 4) is 5.75 Å². The number of benzene rings is 2. The molecule has 0 aliphatic heterocycles. The highest BCUT2D eigenvalue weighted by atomic mass is 16.6. The van der Waals surface area contributed by atoms with Crippen LogP contribution in [0.25, 0.3) is 11.0 Å². The average Bonchev–Trinajstić information content (AvgIpc) is 2.70. The van der Waals surface area contributed by atoms with Crippen molar-refractivity contribution in [2.45, 2.75) is 6.92 Å². The minimum atomic E-state index is -0.665. The molecule has 0 atom stereocenters. The van der Waals surface area contributed by atoms with Crippen molar-refractivity contribution < 1.29 is 18.9 Å². The van der Waals surface area contributed by atoms with E-state index in [9.17, 15) is 19.7 Å². The summed E-state index contributed by atoms with van der Waals surface area (Å²) in [6, 6.07) is 11.8. The zero-order chi connectivity index (χ0) is 20.3. The molecule has 0 aliphatic rings. The molecule has 3 aromatic rings. The van der Waals surface area contributed by atoms with Gasteiger partial charge in [-0.1, -0.05) is 0 Å². The number of non-ortho nitro benzene ring substituents is 1. The Kier molecular flexibility index (Phi) is 5.16. The number of carbonyl (C=O) groups is 1. The van der Waals surface area contributed by atoms with Gasteiger partial charge in [0.1, 0.15) is 11.3 Å². The maximum absolute atomic E-state index is 12.2. The molecule has 3 rings (SSSR count). The van der Waals surface area contributed by atoms with Crippen LogP contribution in [0.15, 0.2) is 62.8 Å². The van der Waals surface area contributed by atoms with E-state index in [-0.39, 0.29) is 22.5 Å². The monoisotopic (exact) mass is 381 g/mol. The van der Waals surface area contributed by atoms with Gasteiger partial charge in [-0.15, -0.1) is 0 Å². The van der Waals surface area contributed by atoms with Gasteiger partial charge in [0.25, 0.3) is 11.6 Å². The predicted octanol–water partition coefficient (Wildman–Crippen LogP) is 2.86. The number of hydrogen-bond donors (Lipinski definition) is 1. The lowest BCUT2D eigenvalue weighted by Gasteiger charge is -2.04. The van der Waals surface area contributed by atoms with Crippen molar-refractivity contribution >= 4 is 28.3 Å². The number of carbonyl (C=O) groups excluding carboxylic acids is 1. The molecule has 1 N–H and O–H groups in total. The van der Waals surface area contributed by atoms with E-state index < -0.39 is 16.5 Å². The summed E-state index contributed by atoms with van der Waals surface area (Å²) in [5.74, 6) is 0.141. The zero-order valence-corrected chi connectivity index (χ0v) is 15.0. The van der Waals surface area contributed by atoms with Crippen LogP contribution in [-0.2, 0) is 0 Å². The van der Waals surface area contributed by atoms with E-state index in [0.717, 1.165) is 0 Å². The molecular formula is C19H15N3O6. The number of nitrogens with zero attached hydrogens (tertiary/aromatic N) is 2. The van der Waals surface area contributed by atoms with Crippen LogP contribution >= 0.6 is 0 Å². The van der Waals surface area contributed by atoms with Gasteiger partial charge in [-0.3, -0.25) is 14.9 Å². The molecule has 1 aromatic heterocycles. The number of hydrazone groups is 1. The molecule has 0 saturated carbocycles. The van der Waals surface area contributed by atoms with Crippen LogP contribution in [0.1, 0.15) is 22.8 Å². The van der Waals surface area contributed by atoms with Crippen LogP contribution < -0.4 is 15.8 Å². The molecule has 28 heavy (non-hydrogen) atoms. The van der Waals surface area contributed by atoms with Gasteiger partial charge in [0.15, 0.2) is 0 Å². The van der Waals surface area contributed by atoms with E-state index in [1.165, 1.54) is 38.3 Å². The van der Waals surface area contributed by atoms with E-state index in [0.29, 0.717) is 16.7 Å². The summed E-state index contributed by atoms with van der Waals surface area (Å²) in [4.78, 5) is 34.7. The zero-order valence-electron chi connectivity index (χ0n) is 15.0. The van der Waals surface area contributed by atoms with E-state index in [2.05, 4.69) is 10.5 Å². The maximum atomic E-state index is 12.2. The summed E-state index contributed by atoms with van der Waals surface area (Å²) < 4.78 is 10.2. The SMILES string of the molecule is COc1ccc(C(=O)N/N=C(\C)c2cc3cc([N+](=O)[O-])ccc3oc2=O)cc1. The summed E-state index contributed by atoms with van der Waals surface area (Å²) in [5, 5.41) is 15.2. The number of nitro groups is 1. The normalized spacial score (nSPS) is 11.3. The molecule has 142 valence electrons. The summed E-state index contributed by atoms with van der Waals surface area (Å²) in [7, 11) is 1.52. The summed E-state index contributed by atoms with van der Waals surface area (Å²) >= 11 is 0. The second-order valence-corrected chi connectivity index (χ2v) is 5.79. The van der Waals surface area contributed by atoms with Crippen LogP contribution in [0, 0.1) is 10.1 Å². The topological polar surface area (TPSA) is 124 Å². The van der Waals surface area contributed by atoms with Crippen LogP contribution in [0.2, 0.25) is 0 Å². The third-order valence-corrected chi connectivity index (χ3v) is 3.99. The third-order valence-electron chi connectivity index (χ3n) is 3.99. The van der Waals surface area contributed by atoms with E-state index in [4.69, 9.17) is 9.15 Å². The molecule has 0 fully saturated rings. The van der Waals surface area contributed by atoms with Crippen molar-refractivity contribution in [1.82, 2.24) is 5.43 Å². The van der Waals surface area contributed by atoms with Gasteiger partial charge in [-0.25, -0.2) is 10.2 Å². The Bertz CT molecular complexity index is 1150. The van der Waals surface area contributed by atoms with Gasteiger partial charge < -0.3 is 9.15 Å². The number of nitro benzene ring substituents is 1. The van der Waals surface area contributed by atoms with Crippen molar-refractivity contribution in [2.75, 3.05) is 7.11 Å². The first kappa shape index (κ1) is 18.8. The van der Waals surface area contributed by atoms with Crippen molar-refractivity contribution in [1.29, 1.82) is 0 Å². The fourth-order valence-corrected chi connectivity index (χ4v) is 2.48. The highest BCUT2D eigenvalue weighted by Gasteiger charge is 2.13. The molecule has 0 unspecified atom stereocenters. The number of amides is 1. The molecule has 9 nitrogen and oxygen atoms in total. The van der Waals surface area contributed by atoms with Gasteiger partial charge in [-0.2, -0.15) is 5.10 Å². The Morgan fingerprint density at radius 3 is 2.54 bits per heavy atom. The van der Waals surface area contributed by atoms with Crippen molar-refractivity contribution in [3.63, 3.8) is 0 Å². The first-order chi connectivity index (χ1) is 13.4. The molecule has 9 heteroatoms. The van der Waals surface area contributed by atoms with E-state index >= 15 is 0 Å². The van der Waals surface area contributed by atoms with Gasteiger partial charge in [0.2, 0.25) is 0 Å². The molecule has 0 spiro atoms. The van der Waals surface area contributed by atoms with Gasteiger partial charge >= 0.3 is 5.63 Å². The lowest BCUT2D eigenvalue weighted by Crippen LogP contribution is -2.21. The fraction of sp³-hybridized carbons (Fsp3) is 0.105. The molecule has 2 aromatic carbocycles. The quantitative estimate of drug-likeness (QED) is 0.314. The Labute approximate surface area is 158 Å². The fourth-order valence-electron chi connectivity index (χ4n) is 2.48. The van der Waals surface area contributed by atoms with E-state index in [1.54, 1.807) is 24.3 Å². The largest absolute Gasteiger partial charge is 0.497 e. The molecule has 1 heterocycles. The van der Waals surface area contributed by atoms with Crippen molar-refractivity contribution in [3.05, 3.63) is 80.2 Å². The first-order valence-electron chi connectivity index (χ1n) is 8.10. The number of hydrogen-bond acceptors (Lipinski definition) is 7. The molecule has 0 saturated heterocycles. The Morgan fingerprint density at radius 1 is 1.18 bits per heavy atom. The standard InChI is InChI=1S/C19H15N3O6/c1-11(20-21-18(23)12-3-6-15(27-2)7-4-12)16-10-13-9-14(22(25)26)5-8-17(13)28-19(16)24/h3-10H,1-2H3,(H,21,23)/b20-11+. The number of rotatable bonds is 5. The second kappa shape index (κ2) is 7.70. The number of nitrogens with one attached hydrogen (secondary N) is 1. The molecule has 0 bridgehead atoms. The number of ether oxygens (including phenoxy) is 1. The number of fused-ring (bicyclic) bond motifs is 1. The third kappa shape index (κ3) is 3.88. The van der Waals surface area contributed by atoms with Gasteiger partial charge in [0.05, 0.1) is 23.3 Å². The molecule has 1 amide bonds. The minimum absolute atomic E-state index is 0.0861. The summed E-state index contributed by atoms with van der Waals surface area (Å²) in [5.41, 5.74) is 2.42. The predicted molar refractivity (Wildman–Crippen MR) is 102 cm³/mol. The van der Waals surface area contributed by atoms with Crippen LogP contribution in [0.5, 0.6) is 5.75 Å². The maximum Gasteiger partial charge on any atom is 0.345 e. The van der Waals surface area contributed by atoms with Gasteiger partial charge in [0, 0.05) is 23.1 Å². The second-order valence-electron chi connectivity index (χ2n) is 5.79. The molecule has 0 radical (unpaired) electrons. The summed E-state index contributed by atoms with van der Waals surface area (Å²) in [6.07, 6.45) is 0. The lowest BCUT2D eigenvalue weighted by molar-refractivity contribution is -0.384. The minimum Gasteiger partial charge on any atom is -0.497 e. The Hall–Kier alpha value is -4.01. The van der Waals surface area contributed by atoms with Crippen LogP contribution in [0.3, 0.4) is 0 Å². The molecule has 0 aliphatic carbocycles. The van der Waals surface area contributed by atoms with Crippen molar-refractivity contribution in [2.24, 2.45) is 5.10 Å². The van der Waals surface area contributed by atoms with Crippen LogP contribution in [-0.4, -0.2) is 23.7 Å². The van der Waals surface area contributed by atoms with E-state index in [1.807, 2.05) is 0 Å². The number of methoxy groups -OCH3 is 1. The average molecular weight is 381 g/mol. The Balaban J connectivity index is 1.87. The van der Waals surface area contributed by atoms with Crippen LogP contribution in [0.4, 0.5) is 5.69 Å². The lowest BCUT2D eigenvalue weighted by atomic mass is 10.1. The summed E-state index contributed by atoms with van der Waals surface area (Å²) in [6.45, 7) is 1.52.